The first kappa shape index (κ1) is 14.5. The Morgan fingerprint density at radius 3 is 2.35 bits per heavy atom. The Hall–Kier alpha value is -2.14. The Morgan fingerprint density at radius 2 is 1.78 bits per heavy atom. The molecule has 2 aliphatic carbocycles. The minimum atomic E-state index is -0.519. The van der Waals surface area contributed by atoms with Crippen LogP contribution < -0.4 is 9.64 Å². The van der Waals surface area contributed by atoms with Gasteiger partial charge in [0.25, 0.3) is 0 Å². The predicted octanol–water partition coefficient (Wildman–Crippen LogP) is 2.58. The van der Waals surface area contributed by atoms with Gasteiger partial charge < -0.3 is 4.74 Å². The molecule has 3 aliphatic rings. The standard InChI is InChI=1S/C17H14ClNO4/c1-8(20)23-13-5-4-11(18)7-12(13)19-16(21)14-9-2-3-10(6-9)15(14)17(19)22/h2-5,7,9-10,14-15H,6H2,1H3. The fraction of sp³-hybridized carbons (Fsp3) is 0.353. The third-order valence-corrected chi connectivity index (χ3v) is 5.12. The summed E-state index contributed by atoms with van der Waals surface area (Å²) in [5.41, 5.74) is 0.247. The van der Waals surface area contributed by atoms with Crippen LogP contribution in [0.25, 0.3) is 0 Å². The molecule has 0 aromatic heterocycles. The fourth-order valence-corrected chi connectivity index (χ4v) is 4.21. The van der Waals surface area contributed by atoms with Crippen molar-refractivity contribution in [1.82, 2.24) is 0 Å². The number of benzene rings is 1. The average molecular weight is 332 g/mol. The highest BCUT2D eigenvalue weighted by Gasteiger charge is 2.59. The molecule has 4 atom stereocenters. The van der Waals surface area contributed by atoms with E-state index in [-0.39, 0.29) is 46.9 Å². The lowest BCUT2D eigenvalue weighted by Gasteiger charge is -2.20. The van der Waals surface area contributed by atoms with Gasteiger partial charge in [-0.2, -0.15) is 0 Å². The van der Waals surface area contributed by atoms with E-state index in [0.29, 0.717) is 5.02 Å². The molecule has 1 aliphatic heterocycles. The van der Waals surface area contributed by atoms with Crippen molar-refractivity contribution in [3.63, 3.8) is 0 Å². The van der Waals surface area contributed by atoms with Crippen LogP contribution in [-0.2, 0) is 14.4 Å². The van der Waals surface area contributed by atoms with Crippen molar-refractivity contribution in [3.8, 4) is 5.75 Å². The number of amides is 2. The van der Waals surface area contributed by atoms with Crippen LogP contribution in [0.2, 0.25) is 5.02 Å². The molecule has 4 unspecified atom stereocenters. The van der Waals surface area contributed by atoms with E-state index in [1.165, 1.54) is 19.1 Å². The maximum Gasteiger partial charge on any atom is 0.308 e. The number of rotatable bonds is 2. The number of fused-ring (bicyclic) bond motifs is 5. The predicted molar refractivity (Wildman–Crippen MR) is 83.0 cm³/mol. The van der Waals surface area contributed by atoms with Crippen molar-refractivity contribution in [3.05, 3.63) is 35.4 Å². The van der Waals surface area contributed by atoms with E-state index < -0.39 is 5.97 Å². The van der Waals surface area contributed by atoms with Gasteiger partial charge in [-0.3, -0.25) is 14.4 Å². The van der Waals surface area contributed by atoms with E-state index in [4.69, 9.17) is 16.3 Å². The Balaban J connectivity index is 1.77. The van der Waals surface area contributed by atoms with Crippen molar-refractivity contribution in [1.29, 1.82) is 0 Å². The average Bonchev–Trinajstić information content (AvgIpc) is 3.15. The summed E-state index contributed by atoms with van der Waals surface area (Å²) < 4.78 is 5.14. The molecule has 1 saturated heterocycles. The molecule has 0 radical (unpaired) electrons. The third kappa shape index (κ3) is 2.03. The molecular weight excluding hydrogens is 318 g/mol. The molecule has 23 heavy (non-hydrogen) atoms. The first-order valence-electron chi connectivity index (χ1n) is 7.51. The van der Waals surface area contributed by atoms with E-state index in [2.05, 4.69) is 0 Å². The molecule has 1 saturated carbocycles. The smallest absolute Gasteiger partial charge is 0.308 e. The molecule has 5 nitrogen and oxygen atoms in total. The van der Waals surface area contributed by atoms with Gasteiger partial charge in [0.15, 0.2) is 5.75 Å². The normalized spacial score (nSPS) is 31.0. The Kier molecular flexibility index (Phi) is 3.10. The summed E-state index contributed by atoms with van der Waals surface area (Å²) in [7, 11) is 0. The van der Waals surface area contributed by atoms with Crippen LogP contribution in [0, 0.1) is 23.7 Å². The van der Waals surface area contributed by atoms with Crippen LogP contribution in [0.15, 0.2) is 30.4 Å². The zero-order valence-electron chi connectivity index (χ0n) is 12.4. The number of hydrogen-bond donors (Lipinski definition) is 0. The minimum Gasteiger partial charge on any atom is -0.424 e. The molecule has 1 aromatic carbocycles. The lowest BCUT2D eigenvalue weighted by atomic mass is 9.85. The van der Waals surface area contributed by atoms with Crippen LogP contribution in [0.4, 0.5) is 5.69 Å². The first-order chi connectivity index (χ1) is 11.0. The second kappa shape index (κ2) is 4.93. The fourth-order valence-electron chi connectivity index (χ4n) is 4.05. The number of halogens is 1. The maximum absolute atomic E-state index is 12.8. The molecule has 0 N–H and O–H groups in total. The topological polar surface area (TPSA) is 63.7 Å². The number of allylic oxidation sites excluding steroid dienone is 2. The van der Waals surface area contributed by atoms with Gasteiger partial charge >= 0.3 is 5.97 Å². The van der Waals surface area contributed by atoms with Crippen LogP contribution in [0.5, 0.6) is 5.75 Å². The van der Waals surface area contributed by atoms with E-state index in [0.717, 1.165) is 11.3 Å². The van der Waals surface area contributed by atoms with Gasteiger partial charge in [0.05, 0.1) is 17.5 Å². The lowest BCUT2D eigenvalue weighted by Crippen LogP contribution is -2.33. The van der Waals surface area contributed by atoms with Gasteiger partial charge in [0.2, 0.25) is 11.8 Å². The largest absolute Gasteiger partial charge is 0.424 e. The van der Waals surface area contributed by atoms with E-state index in [9.17, 15) is 14.4 Å². The number of esters is 1. The third-order valence-electron chi connectivity index (χ3n) is 4.89. The molecular formula is C17H14ClNO4. The summed E-state index contributed by atoms with van der Waals surface area (Å²) in [6.45, 7) is 1.27. The van der Waals surface area contributed by atoms with Crippen molar-refractivity contribution < 1.29 is 19.1 Å². The molecule has 0 spiro atoms. The number of carbonyl (C=O) groups excluding carboxylic acids is 3. The SMILES string of the molecule is CC(=O)Oc1ccc(Cl)cc1N1C(=O)C2C3C=CC(C3)C2C1=O. The molecule has 4 rings (SSSR count). The van der Waals surface area contributed by atoms with Gasteiger partial charge in [-0.15, -0.1) is 0 Å². The Morgan fingerprint density at radius 1 is 1.17 bits per heavy atom. The summed E-state index contributed by atoms with van der Waals surface area (Å²) in [5, 5.41) is 0.370. The highest BCUT2D eigenvalue weighted by atomic mass is 35.5. The molecule has 118 valence electrons. The number of nitrogens with zero attached hydrogens (tertiary/aromatic N) is 1. The monoisotopic (exact) mass is 331 g/mol. The Bertz CT molecular complexity index is 742. The molecule has 2 bridgehead atoms. The lowest BCUT2D eigenvalue weighted by molar-refractivity contribution is -0.132. The van der Waals surface area contributed by atoms with Crippen molar-refractivity contribution in [2.75, 3.05) is 4.90 Å². The van der Waals surface area contributed by atoms with E-state index >= 15 is 0 Å². The van der Waals surface area contributed by atoms with E-state index in [1.54, 1.807) is 6.07 Å². The zero-order valence-corrected chi connectivity index (χ0v) is 13.1. The highest BCUT2D eigenvalue weighted by molar-refractivity contribution is 6.31. The van der Waals surface area contributed by atoms with Crippen molar-refractivity contribution in [2.45, 2.75) is 13.3 Å². The summed E-state index contributed by atoms with van der Waals surface area (Å²) in [6, 6.07) is 4.55. The van der Waals surface area contributed by atoms with E-state index in [1.807, 2.05) is 12.2 Å². The van der Waals surface area contributed by atoms with Crippen LogP contribution in [-0.4, -0.2) is 17.8 Å². The highest BCUT2D eigenvalue weighted by Crippen LogP contribution is 2.54. The number of imide groups is 1. The number of hydrogen-bond acceptors (Lipinski definition) is 4. The van der Waals surface area contributed by atoms with Gasteiger partial charge in [-0.05, 0) is 36.5 Å². The first-order valence-corrected chi connectivity index (χ1v) is 7.89. The maximum atomic E-state index is 12.8. The van der Waals surface area contributed by atoms with Crippen molar-refractivity contribution in [2.24, 2.45) is 23.7 Å². The number of anilines is 1. The summed E-state index contributed by atoms with van der Waals surface area (Å²) in [5.74, 6) is -1.16. The molecule has 6 heteroatoms. The quantitative estimate of drug-likeness (QED) is 0.361. The molecule has 2 amide bonds. The number of carbonyl (C=O) groups is 3. The second-order valence-electron chi connectivity index (χ2n) is 6.22. The zero-order chi connectivity index (χ0) is 16.3. The van der Waals surface area contributed by atoms with Crippen LogP contribution in [0.1, 0.15) is 13.3 Å². The number of ether oxygens (including phenoxy) is 1. The Labute approximate surface area is 137 Å². The van der Waals surface area contributed by atoms with Crippen LogP contribution in [0.3, 0.4) is 0 Å². The van der Waals surface area contributed by atoms with Gasteiger partial charge in [-0.1, -0.05) is 23.8 Å². The minimum absolute atomic E-state index is 0.128. The molecule has 1 aromatic rings. The van der Waals surface area contributed by atoms with Gasteiger partial charge in [-0.25, -0.2) is 4.90 Å². The summed E-state index contributed by atoms with van der Waals surface area (Å²) in [4.78, 5) is 38.1. The second-order valence-corrected chi connectivity index (χ2v) is 6.65. The summed E-state index contributed by atoms with van der Waals surface area (Å²) in [6.07, 6.45) is 4.93. The van der Waals surface area contributed by atoms with Crippen LogP contribution >= 0.6 is 11.6 Å². The molecule has 2 fully saturated rings. The van der Waals surface area contributed by atoms with Gasteiger partial charge in [0, 0.05) is 11.9 Å². The molecule has 1 heterocycles. The van der Waals surface area contributed by atoms with Gasteiger partial charge in [0.1, 0.15) is 0 Å². The van der Waals surface area contributed by atoms with Crippen molar-refractivity contribution >= 4 is 35.1 Å². The summed E-state index contributed by atoms with van der Waals surface area (Å²) >= 11 is 6.02.